The van der Waals surface area contributed by atoms with Crippen LogP contribution in [0.1, 0.15) is 25.3 Å². The Morgan fingerprint density at radius 1 is 1.50 bits per heavy atom. The van der Waals surface area contributed by atoms with E-state index in [9.17, 15) is 20.0 Å². The van der Waals surface area contributed by atoms with Crippen molar-refractivity contribution in [3.8, 4) is 11.5 Å². The van der Waals surface area contributed by atoms with E-state index in [1.807, 2.05) is 6.92 Å². The van der Waals surface area contributed by atoms with Crippen LogP contribution in [0.15, 0.2) is 12.1 Å². The summed E-state index contributed by atoms with van der Waals surface area (Å²) < 4.78 is 4.28. The molecular weight excluding hydrogens is 242 g/mol. The SMILES string of the molecule is CCCCc1ccc([N+](=O)[O-])c(OC(=O)O)c1O. The van der Waals surface area contributed by atoms with Crippen LogP contribution in [0.3, 0.4) is 0 Å². The van der Waals surface area contributed by atoms with Crippen molar-refractivity contribution in [1.29, 1.82) is 0 Å². The van der Waals surface area contributed by atoms with Gasteiger partial charge in [0.05, 0.1) is 4.92 Å². The Balaban J connectivity index is 3.21. The fourth-order valence-electron chi connectivity index (χ4n) is 1.50. The molecule has 0 spiro atoms. The highest BCUT2D eigenvalue weighted by Gasteiger charge is 2.24. The van der Waals surface area contributed by atoms with Crippen molar-refractivity contribution in [1.82, 2.24) is 0 Å². The second-order valence-electron chi connectivity index (χ2n) is 3.65. The van der Waals surface area contributed by atoms with E-state index in [1.165, 1.54) is 6.07 Å². The smallest absolute Gasteiger partial charge is 0.504 e. The number of hydrogen-bond donors (Lipinski definition) is 2. The van der Waals surface area contributed by atoms with Gasteiger partial charge in [0.25, 0.3) is 5.75 Å². The lowest BCUT2D eigenvalue weighted by atomic mass is 10.1. The number of carbonyl (C=O) groups is 1. The van der Waals surface area contributed by atoms with Crippen molar-refractivity contribution in [2.75, 3.05) is 0 Å². The molecule has 0 bridgehead atoms. The number of aryl methyl sites for hydroxylation is 1. The van der Waals surface area contributed by atoms with Crippen molar-refractivity contribution in [2.45, 2.75) is 26.2 Å². The Labute approximate surface area is 103 Å². The summed E-state index contributed by atoms with van der Waals surface area (Å²) in [5, 5.41) is 29.0. The minimum Gasteiger partial charge on any atom is -0.504 e. The normalized spacial score (nSPS) is 10.1. The molecule has 0 fully saturated rings. The number of aromatic hydroxyl groups is 1. The zero-order valence-corrected chi connectivity index (χ0v) is 9.75. The van der Waals surface area contributed by atoms with Crippen molar-refractivity contribution in [3.63, 3.8) is 0 Å². The molecule has 1 aromatic carbocycles. The molecule has 18 heavy (non-hydrogen) atoms. The van der Waals surface area contributed by atoms with E-state index in [-0.39, 0.29) is 0 Å². The predicted molar refractivity (Wildman–Crippen MR) is 62.0 cm³/mol. The number of carboxylic acid groups (broad SMARTS) is 1. The monoisotopic (exact) mass is 255 g/mol. The summed E-state index contributed by atoms with van der Waals surface area (Å²) in [5.41, 5.74) is -0.145. The van der Waals surface area contributed by atoms with Gasteiger partial charge in [-0.3, -0.25) is 10.1 Å². The minimum absolute atomic E-state index is 0.429. The van der Waals surface area contributed by atoms with E-state index in [2.05, 4.69) is 4.74 Å². The standard InChI is InChI=1S/C11H13NO6/c1-2-3-4-7-5-6-8(12(16)17)10(9(7)13)18-11(14)15/h5-6,13H,2-4H2,1H3,(H,14,15). The Hall–Kier alpha value is -2.31. The van der Waals surface area contributed by atoms with Gasteiger partial charge in [0.2, 0.25) is 0 Å². The summed E-state index contributed by atoms with van der Waals surface area (Å²) in [4.78, 5) is 20.4. The molecule has 0 aliphatic heterocycles. The van der Waals surface area contributed by atoms with Gasteiger partial charge in [0, 0.05) is 6.07 Å². The van der Waals surface area contributed by atoms with Crippen molar-refractivity contribution in [2.24, 2.45) is 0 Å². The van der Waals surface area contributed by atoms with Crippen LogP contribution in [-0.2, 0) is 6.42 Å². The van der Waals surface area contributed by atoms with Crippen LogP contribution in [0.2, 0.25) is 0 Å². The third-order valence-corrected chi connectivity index (χ3v) is 2.38. The molecule has 2 N–H and O–H groups in total. The number of rotatable bonds is 5. The average molecular weight is 255 g/mol. The maximum atomic E-state index is 10.7. The first kappa shape index (κ1) is 13.8. The zero-order valence-electron chi connectivity index (χ0n) is 9.75. The van der Waals surface area contributed by atoms with Gasteiger partial charge in [-0.25, -0.2) is 4.79 Å². The largest absolute Gasteiger partial charge is 0.511 e. The number of unbranched alkanes of at least 4 members (excludes halogenated alkanes) is 1. The predicted octanol–water partition coefficient (Wildman–Crippen LogP) is 2.70. The first-order valence-electron chi connectivity index (χ1n) is 5.37. The average Bonchev–Trinajstić information content (AvgIpc) is 2.29. The molecule has 0 unspecified atom stereocenters. The Morgan fingerprint density at radius 2 is 2.17 bits per heavy atom. The highest BCUT2D eigenvalue weighted by Crippen LogP contribution is 2.39. The molecule has 7 heteroatoms. The minimum atomic E-state index is -1.71. The maximum Gasteiger partial charge on any atom is 0.511 e. The molecule has 0 aromatic heterocycles. The first-order chi connectivity index (χ1) is 8.47. The lowest BCUT2D eigenvalue weighted by Gasteiger charge is -2.08. The lowest BCUT2D eigenvalue weighted by Crippen LogP contribution is -2.06. The number of nitro benzene ring substituents is 1. The summed E-state index contributed by atoms with van der Waals surface area (Å²) in [6, 6.07) is 2.53. The van der Waals surface area contributed by atoms with Crippen molar-refractivity contribution >= 4 is 11.8 Å². The van der Waals surface area contributed by atoms with E-state index < -0.39 is 28.3 Å². The molecule has 0 heterocycles. The molecule has 1 rings (SSSR count). The Kier molecular flexibility index (Phi) is 4.47. The maximum absolute atomic E-state index is 10.7. The van der Waals surface area contributed by atoms with Gasteiger partial charge in [0.15, 0.2) is 5.75 Å². The fraction of sp³-hybridized carbons (Fsp3) is 0.364. The van der Waals surface area contributed by atoms with Crippen molar-refractivity contribution in [3.05, 3.63) is 27.8 Å². The first-order valence-corrected chi connectivity index (χ1v) is 5.37. The second kappa shape index (κ2) is 5.85. The van der Waals surface area contributed by atoms with Crippen LogP contribution in [-0.4, -0.2) is 21.3 Å². The molecule has 0 amide bonds. The quantitative estimate of drug-likeness (QED) is 0.362. The van der Waals surface area contributed by atoms with Crippen molar-refractivity contribution < 1.29 is 24.7 Å². The number of benzene rings is 1. The highest BCUT2D eigenvalue weighted by atomic mass is 16.7. The Bertz CT molecular complexity index is 471. The van der Waals surface area contributed by atoms with Gasteiger partial charge in [-0.05, 0) is 24.5 Å². The van der Waals surface area contributed by atoms with Gasteiger partial charge in [0.1, 0.15) is 0 Å². The van der Waals surface area contributed by atoms with Gasteiger partial charge in [-0.15, -0.1) is 0 Å². The molecular formula is C11H13NO6. The lowest BCUT2D eigenvalue weighted by molar-refractivity contribution is -0.385. The van der Waals surface area contributed by atoms with E-state index in [0.29, 0.717) is 12.0 Å². The van der Waals surface area contributed by atoms with Crippen LogP contribution >= 0.6 is 0 Å². The Morgan fingerprint density at radius 3 is 2.67 bits per heavy atom. The van der Waals surface area contributed by atoms with Gasteiger partial charge < -0.3 is 14.9 Å². The molecule has 0 atom stereocenters. The van der Waals surface area contributed by atoms with Gasteiger partial charge in [-0.2, -0.15) is 0 Å². The van der Waals surface area contributed by atoms with Crippen LogP contribution < -0.4 is 4.74 Å². The summed E-state index contributed by atoms with van der Waals surface area (Å²) in [7, 11) is 0. The number of ether oxygens (including phenoxy) is 1. The van der Waals surface area contributed by atoms with E-state index in [1.54, 1.807) is 0 Å². The highest BCUT2D eigenvalue weighted by molar-refractivity contribution is 5.68. The molecule has 0 aliphatic carbocycles. The van der Waals surface area contributed by atoms with Gasteiger partial charge in [-0.1, -0.05) is 13.3 Å². The molecule has 1 aromatic rings. The number of phenolic OH excluding ortho intramolecular Hbond substituents is 1. The summed E-state index contributed by atoms with van der Waals surface area (Å²) in [6.45, 7) is 1.96. The fourth-order valence-corrected chi connectivity index (χ4v) is 1.50. The van der Waals surface area contributed by atoms with Crippen LogP contribution in [0.4, 0.5) is 10.5 Å². The molecule has 0 radical (unpaired) electrons. The summed E-state index contributed by atoms with van der Waals surface area (Å²) in [5.74, 6) is -1.11. The third-order valence-electron chi connectivity index (χ3n) is 2.38. The van der Waals surface area contributed by atoms with Crippen LogP contribution in [0, 0.1) is 10.1 Å². The number of nitro groups is 1. The molecule has 0 saturated carbocycles. The number of hydrogen-bond acceptors (Lipinski definition) is 5. The summed E-state index contributed by atoms with van der Waals surface area (Å²) in [6.07, 6.45) is 0.445. The second-order valence-corrected chi connectivity index (χ2v) is 3.65. The van der Waals surface area contributed by atoms with E-state index in [0.717, 1.165) is 18.9 Å². The molecule has 7 nitrogen and oxygen atoms in total. The van der Waals surface area contributed by atoms with Gasteiger partial charge >= 0.3 is 11.8 Å². The number of phenols is 1. The third kappa shape index (κ3) is 3.09. The topological polar surface area (TPSA) is 110 Å². The molecule has 0 saturated heterocycles. The molecule has 0 aliphatic rings. The zero-order chi connectivity index (χ0) is 13.7. The van der Waals surface area contributed by atoms with Crippen LogP contribution in [0.25, 0.3) is 0 Å². The van der Waals surface area contributed by atoms with Crippen LogP contribution in [0.5, 0.6) is 11.5 Å². The summed E-state index contributed by atoms with van der Waals surface area (Å²) >= 11 is 0. The van der Waals surface area contributed by atoms with E-state index >= 15 is 0 Å². The molecule has 98 valence electrons. The number of nitrogens with zero attached hydrogens (tertiary/aromatic N) is 1. The van der Waals surface area contributed by atoms with E-state index in [4.69, 9.17) is 5.11 Å².